The van der Waals surface area contributed by atoms with Crippen molar-refractivity contribution in [1.29, 1.82) is 0 Å². The standard InChI is InChI=1S/C18H22N2O5S/c1-11-6-8-14(9-7-11)26(23,24)20(4)10-15(21)16-12(2)17(18(22)25-5)19-13(16)3/h6-9,19H,10H2,1-5H3. The Hall–Kier alpha value is -2.45. The maximum atomic E-state index is 12.7. The molecular weight excluding hydrogens is 356 g/mol. The lowest BCUT2D eigenvalue weighted by Gasteiger charge is -2.17. The van der Waals surface area contributed by atoms with Crippen molar-refractivity contribution in [2.24, 2.45) is 0 Å². The van der Waals surface area contributed by atoms with Crippen molar-refractivity contribution >= 4 is 21.8 Å². The summed E-state index contributed by atoms with van der Waals surface area (Å²) in [4.78, 5) is 27.4. The van der Waals surface area contributed by atoms with Crippen molar-refractivity contribution in [3.8, 4) is 0 Å². The Morgan fingerprint density at radius 2 is 1.69 bits per heavy atom. The van der Waals surface area contributed by atoms with Crippen LogP contribution in [0.3, 0.4) is 0 Å². The van der Waals surface area contributed by atoms with Crippen LogP contribution in [-0.2, 0) is 14.8 Å². The molecule has 7 nitrogen and oxygen atoms in total. The number of likely N-dealkylation sites (N-methyl/N-ethyl adjacent to an activating group) is 1. The van der Waals surface area contributed by atoms with E-state index in [1.807, 2.05) is 6.92 Å². The maximum Gasteiger partial charge on any atom is 0.354 e. The molecule has 0 bridgehead atoms. The van der Waals surface area contributed by atoms with Crippen molar-refractivity contribution in [3.05, 3.63) is 52.3 Å². The molecule has 1 N–H and O–H groups in total. The van der Waals surface area contributed by atoms with Gasteiger partial charge in [0.2, 0.25) is 10.0 Å². The number of aryl methyl sites for hydroxylation is 2. The molecular formula is C18H22N2O5S. The number of rotatable bonds is 6. The highest BCUT2D eigenvalue weighted by molar-refractivity contribution is 7.89. The molecule has 0 aliphatic rings. The molecule has 26 heavy (non-hydrogen) atoms. The SMILES string of the molecule is COC(=O)c1[nH]c(C)c(C(=O)CN(C)S(=O)(=O)c2ccc(C)cc2)c1C. The predicted molar refractivity (Wildman–Crippen MR) is 96.9 cm³/mol. The van der Waals surface area contributed by atoms with Crippen molar-refractivity contribution in [3.63, 3.8) is 0 Å². The molecule has 8 heteroatoms. The van der Waals surface area contributed by atoms with E-state index >= 15 is 0 Å². The number of carbonyl (C=O) groups is 2. The highest BCUT2D eigenvalue weighted by atomic mass is 32.2. The highest BCUT2D eigenvalue weighted by Crippen LogP contribution is 2.21. The fourth-order valence-corrected chi connectivity index (χ4v) is 3.86. The predicted octanol–water partition coefficient (Wildman–Crippen LogP) is 2.23. The second-order valence-electron chi connectivity index (χ2n) is 6.11. The number of nitrogens with zero attached hydrogens (tertiary/aromatic N) is 1. The first kappa shape index (κ1) is 19.9. The van der Waals surface area contributed by atoms with Crippen molar-refractivity contribution in [2.75, 3.05) is 20.7 Å². The van der Waals surface area contributed by atoms with Crippen LogP contribution in [0.15, 0.2) is 29.2 Å². The average Bonchev–Trinajstić information content (AvgIpc) is 2.89. The second kappa shape index (κ2) is 7.43. The summed E-state index contributed by atoms with van der Waals surface area (Å²) in [6.07, 6.45) is 0. The van der Waals surface area contributed by atoms with Gasteiger partial charge in [-0.2, -0.15) is 4.31 Å². The van der Waals surface area contributed by atoms with E-state index in [2.05, 4.69) is 9.72 Å². The molecule has 0 spiro atoms. The molecule has 1 aromatic carbocycles. The van der Waals surface area contributed by atoms with Gasteiger partial charge < -0.3 is 9.72 Å². The Labute approximate surface area is 153 Å². The van der Waals surface area contributed by atoms with Gasteiger partial charge in [0, 0.05) is 18.3 Å². The summed E-state index contributed by atoms with van der Waals surface area (Å²) in [6.45, 7) is 4.80. The lowest BCUT2D eigenvalue weighted by Crippen LogP contribution is -2.32. The van der Waals surface area contributed by atoms with E-state index in [0.29, 0.717) is 16.8 Å². The van der Waals surface area contributed by atoms with E-state index in [9.17, 15) is 18.0 Å². The Morgan fingerprint density at radius 1 is 1.12 bits per heavy atom. The number of hydrogen-bond donors (Lipinski definition) is 1. The zero-order chi connectivity index (χ0) is 19.6. The molecule has 2 aromatic rings. The topological polar surface area (TPSA) is 96.5 Å². The molecule has 0 saturated carbocycles. The van der Waals surface area contributed by atoms with Crippen LogP contribution in [0.4, 0.5) is 0 Å². The number of aromatic nitrogens is 1. The van der Waals surface area contributed by atoms with Gasteiger partial charge >= 0.3 is 5.97 Å². The molecule has 2 rings (SSSR count). The van der Waals surface area contributed by atoms with Crippen LogP contribution in [0.1, 0.15) is 37.7 Å². The van der Waals surface area contributed by atoms with E-state index in [4.69, 9.17) is 0 Å². The Morgan fingerprint density at radius 3 is 2.23 bits per heavy atom. The number of hydrogen-bond acceptors (Lipinski definition) is 5. The Balaban J connectivity index is 2.28. The van der Waals surface area contributed by atoms with E-state index < -0.39 is 21.8 Å². The summed E-state index contributed by atoms with van der Waals surface area (Å²) in [6, 6.07) is 6.42. The molecule has 0 fully saturated rings. The highest BCUT2D eigenvalue weighted by Gasteiger charge is 2.27. The van der Waals surface area contributed by atoms with Crippen LogP contribution in [0.2, 0.25) is 0 Å². The summed E-state index contributed by atoms with van der Waals surface area (Å²) in [5, 5.41) is 0. The lowest BCUT2D eigenvalue weighted by atomic mass is 10.1. The number of carbonyl (C=O) groups excluding carboxylic acids is 2. The van der Waals surface area contributed by atoms with Gasteiger partial charge in [0.1, 0.15) is 5.69 Å². The quantitative estimate of drug-likeness (QED) is 0.614. The van der Waals surface area contributed by atoms with Crippen LogP contribution in [0, 0.1) is 20.8 Å². The van der Waals surface area contributed by atoms with Crippen LogP contribution < -0.4 is 0 Å². The molecule has 0 unspecified atom stereocenters. The number of ether oxygens (including phenoxy) is 1. The number of H-pyrrole nitrogens is 1. The fourth-order valence-electron chi connectivity index (χ4n) is 2.73. The monoisotopic (exact) mass is 378 g/mol. The van der Waals surface area contributed by atoms with E-state index in [-0.39, 0.29) is 17.1 Å². The largest absolute Gasteiger partial charge is 0.464 e. The van der Waals surface area contributed by atoms with E-state index in [0.717, 1.165) is 9.87 Å². The van der Waals surface area contributed by atoms with Crippen molar-refractivity contribution in [2.45, 2.75) is 25.7 Å². The first-order chi connectivity index (χ1) is 12.1. The van der Waals surface area contributed by atoms with Crippen LogP contribution in [0.25, 0.3) is 0 Å². The second-order valence-corrected chi connectivity index (χ2v) is 8.16. The minimum atomic E-state index is -3.79. The van der Waals surface area contributed by atoms with Gasteiger partial charge in [0.15, 0.2) is 5.78 Å². The molecule has 1 aromatic heterocycles. The van der Waals surface area contributed by atoms with Crippen molar-refractivity contribution in [1.82, 2.24) is 9.29 Å². The molecule has 0 aliphatic carbocycles. The first-order valence-electron chi connectivity index (χ1n) is 7.93. The van der Waals surface area contributed by atoms with E-state index in [1.165, 1.54) is 26.3 Å². The normalized spacial score (nSPS) is 11.6. The number of aromatic amines is 1. The maximum absolute atomic E-state index is 12.7. The summed E-state index contributed by atoms with van der Waals surface area (Å²) in [5.41, 5.74) is 2.37. The zero-order valence-electron chi connectivity index (χ0n) is 15.4. The van der Waals surface area contributed by atoms with Crippen LogP contribution >= 0.6 is 0 Å². The van der Waals surface area contributed by atoms with Gasteiger partial charge in [-0.15, -0.1) is 0 Å². The number of ketones is 1. The van der Waals surface area contributed by atoms with E-state index in [1.54, 1.807) is 26.0 Å². The molecule has 0 amide bonds. The summed E-state index contributed by atoms with van der Waals surface area (Å²) < 4.78 is 30.9. The molecule has 0 atom stereocenters. The minimum Gasteiger partial charge on any atom is -0.464 e. The van der Waals surface area contributed by atoms with Crippen LogP contribution in [0.5, 0.6) is 0 Å². The number of benzene rings is 1. The third kappa shape index (κ3) is 3.71. The molecule has 0 radical (unpaired) electrons. The molecule has 140 valence electrons. The summed E-state index contributed by atoms with van der Waals surface area (Å²) in [7, 11) is -1.18. The number of sulfonamides is 1. The lowest BCUT2D eigenvalue weighted by molar-refractivity contribution is 0.0594. The third-order valence-electron chi connectivity index (χ3n) is 4.20. The fraction of sp³-hybridized carbons (Fsp3) is 0.333. The molecule has 0 aliphatic heterocycles. The Kier molecular flexibility index (Phi) is 5.68. The van der Waals surface area contributed by atoms with Gasteiger partial charge in [-0.3, -0.25) is 4.79 Å². The van der Waals surface area contributed by atoms with Gasteiger partial charge in [-0.1, -0.05) is 17.7 Å². The summed E-state index contributed by atoms with van der Waals surface area (Å²) in [5.74, 6) is -0.977. The molecule has 1 heterocycles. The smallest absolute Gasteiger partial charge is 0.354 e. The van der Waals surface area contributed by atoms with Gasteiger partial charge in [0.25, 0.3) is 0 Å². The number of nitrogens with one attached hydrogen (secondary N) is 1. The molecule has 0 saturated heterocycles. The summed E-state index contributed by atoms with van der Waals surface area (Å²) >= 11 is 0. The average molecular weight is 378 g/mol. The van der Waals surface area contributed by atoms with Gasteiger partial charge in [-0.05, 0) is 38.5 Å². The number of methoxy groups -OCH3 is 1. The van der Waals surface area contributed by atoms with Crippen LogP contribution in [-0.4, -0.2) is 50.2 Å². The first-order valence-corrected chi connectivity index (χ1v) is 9.37. The third-order valence-corrected chi connectivity index (χ3v) is 6.02. The van der Waals surface area contributed by atoms with Gasteiger partial charge in [-0.25, -0.2) is 13.2 Å². The number of esters is 1. The number of Topliss-reactive ketones (excluding diaryl/α,β-unsaturated/α-hetero) is 1. The Bertz CT molecular complexity index is 943. The zero-order valence-corrected chi connectivity index (χ0v) is 16.2. The van der Waals surface area contributed by atoms with Crippen molar-refractivity contribution < 1.29 is 22.7 Å². The minimum absolute atomic E-state index is 0.121. The van der Waals surface area contributed by atoms with Gasteiger partial charge in [0.05, 0.1) is 18.6 Å².